The van der Waals surface area contributed by atoms with E-state index in [0.717, 1.165) is 49.8 Å². The van der Waals surface area contributed by atoms with Crippen molar-refractivity contribution >= 4 is 5.78 Å². The van der Waals surface area contributed by atoms with Crippen molar-refractivity contribution in [2.45, 2.75) is 202 Å². The van der Waals surface area contributed by atoms with Gasteiger partial charge in [-0.3, -0.25) is 4.79 Å². The first-order chi connectivity index (χ1) is 32.3. The molecule has 0 amide bonds. The average Bonchev–Trinajstić information content (AvgIpc) is 3.62. The van der Waals surface area contributed by atoms with Gasteiger partial charge in [-0.05, 0) is 151 Å². The Bertz CT molecular complexity index is 2020. The highest BCUT2D eigenvalue weighted by molar-refractivity contribution is 6.00. The van der Waals surface area contributed by atoms with Crippen LogP contribution in [0.25, 0.3) is 0 Å². The molecule has 0 radical (unpaired) electrons. The van der Waals surface area contributed by atoms with Crippen molar-refractivity contribution in [3.05, 3.63) is 46.8 Å². The maximum absolute atomic E-state index is 15.6. The number of hydrogen-bond acceptors (Lipinski definition) is 15. The lowest BCUT2D eigenvalue weighted by atomic mass is 9.39. The first-order valence-corrected chi connectivity index (χ1v) is 26.4. The quantitative estimate of drug-likeness (QED) is 0.118. The van der Waals surface area contributed by atoms with Gasteiger partial charge in [-0.2, -0.15) is 0 Å². The minimum Gasteiger partial charge on any atom is -0.396 e. The smallest absolute Gasteiger partial charge is 0.182 e. The number of carbonyl (C=O) groups is 1. The molecule has 20 atom stereocenters. The first kappa shape index (κ1) is 50.7. The zero-order valence-electron chi connectivity index (χ0n) is 40.6. The average molecular weight is 954 g/mol. The lowest BCUT2D eigenvalue weighted by molar-refractivity contribution is -0.267. The van der Waals surface area contributed by atoms with E-state index in [-0.39, 0.29) is 87.8 Å². The number of aliphatic hydroxyl groups excluding tert-OH is 6. The Labute approximate surface area is 402 Å². The number of hydrogen-bond donors (Lipinski definition) is 13. The maximum atomic E-state index is 15.6. The fraction of sp³-hybridized carbons (Fsp3) is 0.830. The van der Waals surface area contributed by atoms with Crippen LogP contribution in [-0.4, -0.2) is 142 Å². The van der Waals surface area contributed by atoms with Crippen molar-refractivity contribution in [3.63, 3.8) is 0 Å². The highest BCUT2D eigenvalue weighted by Gasteiger charge is 2.79. The lowest BCUT2D eigenvalue weighted by Crippen LogP contribution is -2.73. The zero-order chi connectivity index (χ0) is 48.8. The number of carbonyl (C=O) groups excluding carboxylic acids is 1. The molecule has 0 aromatic heterocycles. The number of Topliss-reactive ketones (excluding diaryl/α,β-unsaturated/α-hetero) is 1. The predicted octanol–water partition coefficient (Wildman–Crippen LogP) is 2.24. The Hall–Kier alpha value is -2.25. The summed E-state index contributed by atoms with van der Waals surface area (Å²) in [5.74, 6) is -3.71. The number of rotatable bonds is 13. The molecule has 382 valence electrons. The van der Waals surface area contributed by atoms with E-state index in [2.05, 4.69) is 17.6 Å². The Morgan fingerprint density at radius 1 is 0.985 bits per heavy atom. The van der Waals surface area contributed by atoms with E-state index in [1.165, 1.54) is 0 Å². The minimum absolute atomic E-state index is 0.000663. The number of nitrogens with one attached hydrogen (secondary N) is 2. The number of fused-ring (bicyclic) bond motifs is 5. The number of ketones is 1. The SMILES string of the molecule is CCC[C@@H]1CC[C@H]2[C@@H]3[C@H](O)CCC[C@](O)([C@](C)(O)[C@H]4CC[C@@]5(O)C6=C(NC[C@H](C)O)C(=O)[C@@H]7C[C@@H](O)[C@@H](O)C[C@@]78C[C@@H](C7=C(CCCO)NC(N)C=C7)C=C[C@@](O)(C[C@]45CCO)[C@@H]68)[C@@H]3O[C@@H]2CC1. The van der Waals surface area contributed by atoms with Gasteiger partial charge >= 0.3 is 0 Å². The van der Waals surface area contributed by atoms with Gasteiger partial charge in [0.15, 0.2) is 5.78 Å². The van der Waals surface area contributed by atoms with Crippen LogP contribution in [0, 0.1) is 52.3 Å². The summed E-state index contributed by atoms with van der Waals surface area (Å²) >= 11 is 0. The van der Waals surface area contributed by atoms with Gasteiger partial charge < -0.3 is 72.2 Å². The summed E-state index contributed by atoms with van der Waals surface area (Å²) < 4.78 is 6.99. The van der Waals surface area contributed by atoms with E-state index in [0.29, 0.717) is 31.6 Å². The number of allylic oxidation sites excluding steroid dienone is 5. The number of aliphatic hydroxyl groups is 10. The molecule has 0 aromatic rings. The van der Waals surface area contributed by atoms with Gasteiger partial charge in [-0.15, -0.1) is 0 Å². The minimum atomic E-state index is -2.03. The molecular formula is C53H83N3O12. The monoisotopic (exact) mass is 954 g/mol. The molecule has 15 heteroatoms. The number of nitrogens with two attached hydrogens (primary N) is 1. The molecule has 1 spiro atoms. The number of dihydropyridines is 1. The Balaban J connectivity index is 1.22. The maximum Gasteiger partial charge on any atom is 0.182 e. The molecule has 5 saturated carbocycles. The van der Waals surface area contributed by atoms with Gasteiger partial charge in [0.25, 0.3) is 0 Å². The Morgan fingerprint density at radius 2 is 1.75 bits per heavy atom. The summed E-state index contributed by atoms with van der Waals surface area (Å²) in [6.45, 7) is 4.79. The molecular weight excluding hydrogens is 871 g/mol. The van der Waals surface area contributed by atoms with Crippen molar-refractivity contribution in [2.75, 3.05) is 19.8 Å². The second-order valence-electron chi connectivity index (χ2n) is 23.6. The first-order valence-electron chi connectivity index (χ1n) is 26.4. The predicted molar refractivity (Wildman–Crippen MR) is 253 cm³/mol. The van der Waals surface area contributed by atoms with E-state index < -0.39 is 112 Å². The van der Waals surface area contributed by atoms with Crippen molar-refractivity contribution in [3.8, 4) is 0 Å². The van der Waals surface area contributed by atoms with Crippen molar-refractivity contribution in [2.24, 2.45) is 58.0 Å². The van der Waals surface area contributed by atoms with Gasteiger partial charge in [0.05, 0.1) is 65.3 Å². The van der Waals surface area contributed by atoms with Gasteiger partial charge in [0, 0.05) is 54.5 Å². The fourth-order valence-electron chi connectivity index (χ4n) is 17.1. The molecule has 68 heavy (non-hydrogen) atoms. The Kier molecular flexibility index (Phi) is 13.9. The summed E-state index contributed by atoms with van der Waals surface area (Å²) in [5, 5.41) is 129. The molecule has 6 fully saturated rings. The van der Waals surface area contributed by atoms with Crippen LogP contribution in [0.3, 0.4) is 0 Å². The number of ether oxygens (including phenoxy) is 1. The second kappa shape index (κ2) is 18.7. The third-order valence-corrected chi connectivity index (χ3v) is 19.9. The van der Waals surface area contributed by atoms with Crippen molar-refractivity contribution in [1.82, 2.24) is 10.6 Å². The lowest BCUT2D eigenvalue weighted by Gasteiger charge is -2.67. The molecule has 0 bridgehead atoms. The van der Waals surface area contributed by atoms with Crippen LogP contribution < -0.4 is 16.4 Å². The third-order valence-electron chi connectivity index (χ3n) is 19.9. The summed E-state index contributed by atoms with van der Waals surface area (Å²) in [6.07, 6.45) is 9.25. The van der Waals surface area contributed by atoms with E-state index in [1.807, 2.05) is 18.2 Å². The molecule has 9 rings (SSSR count). The summed E-state index contributed by atoms with van der Waals surface area (Å²) in [5.41, 5.74) is -2.42. The normalized spacial score (nSPS) is 47.9. The van der Waals surface area contributed by atoms with Crippen LogP contribution >= 0.6 is 0 Å². The second-order valence-corrected chi connectivity index (χ2v) is 23.6. The molecule has 9 aliphatic rings. The van der Waals surface area contributed by atoms with Crippen molar-refractivity contribution < 1.29 is 60.6 Å². The molecule has 14 N–H and O–H groups in total. The topological polar surface area (TPSA) is 279 Å². The summed E-state index contributed by atoms with van der Waals surface area (Å²) in [6, 6.07) is 0. The van der Waals surface area contributed by atoms with Crippen molar-refractivity contribution in [1.29, 1.82) is 0 Å². The van der Waals surface area contributed by atoms with Crippen LogP contribution in [-0.2, 0) is 9.53 Å². The Morgan fingerprint density at radius 3 is 2.47 bits per heavy atom. The van der Waals surface area contributed by atoms with E-state index >= 15 is 4.79 Å². The van der Waals surface area contributed by atoms with E-state index in [1.54, 1.807) is 19.9 Å². The van der Waals surface area contributed by atoms with Crippen LogP contribution in [0.5, 0.6) is 0 Å². The fourth-order valence-corrected chi connectivity index (χ4v) is 17.1. The van der Waals surface area contributed by atoms with Crippen LogP contribution in [0.15, 0.2) is 46.8 Å². The van der Waals surface area contributed by atoms with Gasteiger partial charge in [0.1, 0.15) is 5.60 Å². The highest BCUT2D eigenvalue weighted by Crippen LogP contribution is 2.75. The van der Waals surface area contributed by atoms with Crippen LogP contribution in [0.4, 0.5) is 0 Å². The van der Waals surface area contributed by atoms with E-state index in [9.17, 15) is 51.1 Å². The van der Waals surface area contributed by atoms with Gasteiger partial charge in [-0.25, -0.2) is 0 Å². The molecule has 1 saturated heterocycles. The molecule has 7 aliphatic carbocycles. The van der Waals surface area contributed by atoms with Gasteiger partial charge in [0.2, 0.25) is 0 Å². The summed E-state index contributed by atoms with van der Waals surface area (Å²) in [4.78, 5) is 15.6. The molecule has 2 heterocycles. The molecule has 15 nitrogen and oxygen atoms in total. The van der Waals surface area contributed by atoms with Crippen LogP contribution in [0.1, 0.15) is 136 Å². The molecule has 2 aliphatic heterocycles. The van der Waals surface area contributed by atoms with E-state index in [4.69, 9.17) is 10.5 Å². The van der Waals surface area contributed by atoms with Crippen LogP contribution in [0.2, 0.25) is 0 Å². The standard InChI is InChI=1S/C53H83N3O12/c1-4-7-30-10-12-33-39(14-11-30)68-47-42(33)36(60)9-5-18-53(47,67)48(3,64)40-17-20-52(66)43-44(55-27-29(2)59)45(63)34-24-37(61)38(62)26-49(34)25-31(32-13-15-41(54)56-35(32)8-6-22-57)16-19-51(65,46(43)49)28-50(40,52)21-23-58/h13,15-16,19,29-31,33-34,36-42,46-47,55-62,64-67H,4-12,14,17-18,20-28,54H2,1-3H3/t29-,30+,31-,33+,34-,36+,37+,38-,39+,40+,41?,42+,46-,47+,48+,49-,50+,51+,52+,53+/m0/s1. The molecule has 0 aromatic carbocycles. The zero-order valence-corrected chi connectivity index (χ0v) is 40.6. The third kappa shape index (κ3) is 7.77. The largest absolute Gasteiger partial charge is 0.396 e. The van der Waals surface area contributed by atoms with Gasteiger partial charge in [-0.1, -0.05) is 44.4 Å². The molecule has 1 unspecified atom stereocenters. The summed E-state index contributed by atoms with van der Waals surface area (Å²) in [7, 11) is 0. The highest BCUT2D eigenvalue weighted by atomic mass is 16.5.